The standard InChI is InChI=1S/C10H13BrFNO2/c1-14-9-5-7(6-13)4-8(11)10(9)15-3-2-12/h4-5H,2-3,6,13H2,1H3. The summed E-state index contributed by atoms with van der Waals surface area (Å²) in [6.45, 7) is -0.108. The quantitative estimate of drug-likeness (QED) is 0.898. The van der Waals surface area contributed by atoms with E-state index in [0.717, 1.165) is 10.0 Å². The van der Waals surface area contributed by atoms with Crippen LogP contribution in [0.5, 0.6) is 11.5 Å². The van der Waals surface area contributed by atoms with Crippen LogP contribution in [0.1, 0.15) is 5.56 Å². The van der Waals surface area contributed by atoms with Crippen molar-refractivity contribution in [2.45, 2.75) is 6.54 Å². The highest BCUT2D eigenvalue weighted by atomic mass is 79.9. The molecule has 0 atom stereocenters. The van der Waals surface area contributed by atoms with Crippen molar-refractivity contribution in [2.75, 3.05) is 20.4 Å². The molecule has 0 fully saturated rings. The van der Waals surface area contributed by atoms with E-state index in [4.69, 9.17) is 15.2 Å². The van der Waals surface area contributed by atoms with E-state index in [1.807, 2.05) is 6.07 Å². The minimum absolute atomic E-state index is 0.0108. The first-order valence-electron chi connectivity index (χ1n) is 4.48. The van der Waals surface area contributed by atoms with Gasteiger partial charge in [0.2, 0.25) is 0 Å². The Hall–Kier alpha value is -0.810. The molecular weight excluding hydrogens is 265 g/mol. The van der Waals surface area contributed by atoms with Crippen LogP contribution in [-0.2, 0) is 6.54 Å². The topological polar surface area (TPSA) is 44.5 Å². The number of benzene rings is 1. The summed E-state index contributed by atoms with van der Waals surface area (Å²) in [6.07, 6.45) is 0. The monoisotopic (exact) mass is 277 g/mol. The maximum absolute atomic E-state index is 12.0. The molecule has 0 amide bonds. The lowest BCUT2D eigenvalue weighted by molar-refractivity contribution is 0.258. The molecule has 0 bridgehead atoms. The van der Waals surface area contributed by atoms with Gasteiger partial charge in [-0.15, -0.1) is 0 Å². The fourth-order valence-electron chi connectivity index (χ4n) is 1.17. The third-order valence-corrected chi connectivity index (χ3v) is 2.44. The fourth-order valence-corrected chi connectivity index (χ4v) is 1.78. The van der Waals surface area contributed by atoms with Gasteiger partial charge in [-0.2, -0.15) is 0 Å². The summed E-state index contributed by atoms with van der Waals surface area (Å²) in [7, 11) is 1.53. The van der Waals surface area contributed by atoms with Gasteiger partial charge in [-0.3, -0.25) is 0 Å². The third kappa shape index (κ3) is 3.07. The van der Waals surface area contributed by atoms with Crippen molar-refractivity contribution in [1.82, 2.24) is 0 Å². The van der Waals surface area contributed by atoms with Crippen LogP contribution in [0, 0.1) is 0 Å². The highest BCUT2D eigenvalue weighted by molar-refractivity contribution is 9.10. The minimum Gasteiger partial charge on any atom is -0.493 e. The summed E-state index contributed by atoms with van der Waals surface area (Å²) in [5.41, 5.74) is 6.44. The molecule has 0 saturated heterocycles. The predicted octanol–water partition coefficient (Wildman–Crippen LogP) is 2.26. The van der Waals surface area contributed by atoms with Crippen LogP contribution in [-0.4, -0.2) is 20.4 Å². The van der Waals surface area contributed by atoms with E-state index in [0.29, 0.717) is 18.0 Å². The van der Waals surface area contributed by atoms with E-state index >= 15 is 0 Å². The highest BCUT2D eigenvalue weighted by Crippen LogP contribution is 2.36. The van der Waals surface area contributed by atoms with Crippen LogP contribution in [0.15, 0.2) is 16.6 Å². The largest absolute Gasteiger partial charge is 0.493 e. The summed E-state index contributed by atoms with van der Waals surface area (Å²) in [5.74, 6) is 1.06. The Balaban J connectivity index is 3.01. The highest BCUT2D eigenvalue weighted by Gasteiger charge is 2.10. The van der Waals surface area contributed by atoms with Crippen molar-refractivity contribution < 1.29 is 13.9 Å². The first kappa shape index (κ1) is 12.3. The molecule has 0 aliphatic heterocycles. The fraction of sp³-hybridized carbons (Fsp3) is 0.400. The van der Waals surface area contributed by atoms with Gasteiger partial charge in [0.15, 0.2) is 11.5 Å². The van der Waals surface area contributed by atoms with Crippen LogP contribution in [0.25, 0.3) is 0 Å². The van der Waals surface area contributed by atoms with Crippen molar-refractivity contribution >= 4 is 15.9 Å². The van der Waals surface area contributed by atoms with E-state index in [2.05, 4.69) is 15.9 Å². The summed E-state index contributed by atoms with van der Waals surface area (Å²) < 4.78 is 23.1. The molecule has 0 radical (unpaired) electrons. The van der Waals surface area contributed by atoms with Crippen LogP contribution in [0.3, 0.4) is 0 Å². The smallest absolute Gasteiger partial charge is 0.175 e. The number of rotatable bonds is 5. The second-order valence-corrected chi connectivity index (χ2v) is 3.70. The first-order chi connectivity index (χ1) is 7.22. The molecule has 0 unspecified atom stereocenters. The molecule has 1 aromatic carbocycles. The number of methoxy groups -OCH3 is 1. The minimum atomic E-state index is -0.533. The lowest BCUT2D eigenvalue weighted by atomic mass is 10.2. The lowest BCUT2D eigenvalue weighted by Gasteiger charge is -2.12. The van der Waals surface area contributed by atoms with E-state index in [-0.39, 0.29) is 6.61 Å². The third-order valence-electron chi connectivity index (χ3n) is 1.85. The van der Waals surface area contributed by atoms with Crippen LogP contribution < -0.4 is 15.2 Å². The summed E-state index contributed by atoms with van der Waals surface area (Å²) in [5, 5.41) is 0. The van der Waals surface area contributed by atoms with E-state index in [1.165, 1.54) is 7.11 Å². The second-order valence-electron chi connectivity index (χ2n) is 2.85. The van der Waals surface area contributed by atoms with Gasteiger partial charge in [0, 0.05) is 6.54 Å². The Bertz CT molecular complexity index is 333. The van der Waals surface area contributed by atoms with Crippen LogP contribution in [0.4, 0.5) is 4.39 Å². The van der Waals surface area contributed by atoms with Crippen LogP contribution >= 0.6 is 15.9 Å². The normalized spacial score (nSPS) is 10.1. The average molecular weight is 278 g/mol. The van der Waals surface area contributed by atoms with Crippen molar-refractivity contribution in [3.63, 3.8) is 0 Å². The molecule has 2 N–H and O–H groups in total. The Kier molecular flexibility index (Phi) is 4.84. The van der Waals surface area contributed by atoms with Gasteiger partial charge < -0.3 is 15.2 Å². The summed E-state index contributed by atoms with van der Waals surface area (Å²) >= 11 is 3.33. The Morgan fingerprint density at radius 1 is 1.47 bits per heavy atom. The molecule has 0 saturated carbocycles. The van der Waals surface area contributed by atoms with Gasteiger partial charge in [0.25, 0.3) is 0 Å². The van der Waals surface area contributed by atoms with Crippen molar-refractivity contribution in [1.29, 1.82) is 0 Å². The average Bonchev–Trinajstić information content (AvgIpc) is 2.26. The van der Waals surface area contributed by atoms with Gasteiger partial charge in [-0.05, 0) is 33.6 Å². The number of hydrogen-bond acceptors (Lipinski definition) is 3. The first-order valence-corrected chi connectivity index (χ1v) is 5.27. The molecule has 0 heterocycles. The molecule has 0 aliphatic rings. The molecule has 1 rings (SSSR count). The van der Waals surface area contributed by atoms with E-state index in [9.17, 15) is 4.39 Å². The van der Waals surface area contributed by atoms with E-state index in [1.54, 1.807) is 6.07 Å². The molecule has 5 heteroatoms. The molecule has 15 heavy (non-hydrogen) atoms. The molecule has 1 aromatic rings. The summed E-state index contributed by atoms with van der Waals surface area (Å²) in [6, 6.07) is 3.61. The number of nitrogens with two attached hydrogens (primary N) is 1. The van der Waals surface area contributed by atoms with Crippen LogP contribution in [0.2, 0.25) is 0 Å². The number of hydrogen-bond donors (Lipinski definition) is 1. The maximum atomic E-state index is 12.0. The Labute approximate surface area is 96.5 Å². The Morgan fingerprint density at radius 3 is 2.73 bits per heavy atom. The SMILES string of the molecule is COc1cc(CN)cc(Br)c1OCCF. The number of ether oxygens (including phenoxy) is 2. The second kappa shape index (κ2) is 5.92. The van der Waals surface area contributed by atoms with Crippen molar-refractivity contribution in [3.8, 4) is 11.5 Å². The Morgan fingerprint density at radius 2 is 2.20 bits per heavy atom. The molecule has 84 valence electrons. The zero-order valence-corrected chi connectivity index (χ0v) is 10.0. The predicted molar refractivity (Wildman–Crippen MR) is 60.1 cm³/mol. The summed E-state index contributed by atoms with van der Waals surface area (Å²) in [4.78, 5) is 0. The van der Waals surface area contributed by atoms with E-state index < -0.39 is 6.67 Å². The van der Waals surface area contributed by atoms with Crippen molar-refractivity contribution in [2.24, 2.45) is 5.73 Å². The number of alkyl halides is 1. The molecule has 3 nitrogen and oxygen atoms in total. The lowest BCUT2D eigenvalue weighted by Crippen LogP contribution is -2.03. The number of halogens is 2. The van der Waals surface area contributed by atoms with Gasteiger partial charge in [0.05, 0.1) is 11.6 Å². The van der Waals surface area contributed by atoms with Crippen molar-refractivity contribution in [3.05, 3.63) is 22.2 Å². The molecule has 0 aromatic heterocycles. The van der Waals surface area contributed by atoms with Gasteiger partial charge >= 0.3 is 0 Å². The van der Waals surface area contributed by atoms with Gasteiger partial charge in [-0.25, -0.2) is 4.39 Å². The molecular formula is C10H13BrFNO2. The maximum Gasteiger partial charge on any atom is 0.175 e. The zero-order chi connectivity index (χ0) is 11.3. The molecule has 0 spiro atoms. The zero-order valence-electron chi connectivity index (χ0n) is 8.43. The molecule has 0 aliphatic carbocycles. The van der Waals surface area contributed by atoms with Gasteiger partial charge in [-0.1, -0.05) is 0 Å². The van der Waals surface area contributed by atoms with Gasteiger partial charge in [0.1, 0.15) is 13.3 Å².